The highest BCUT2D eigenvalue weighted by molar-refractivity contribution is 5.90. The van der Waals surface area contributed by atoms with E-state index in [4.69, 9.17) is 4.84 Å². The monoisotopic (exact) mass is 419 g/mol. The van der Waals surface area contributed by atoms with Gasteiger partial charge >= 0.3 is 6.18 Å². The number of anilines is 1. The molecule has 0 bridgehead atoms. The minimum atomic E-state index is -4.58. The van der Waals surface area contributed by atoms with E-state index in [-0.39, 0.29) is 11.6 Å². The average molecular weight is 419 g/mol. The number of hydrogen-bond donors (Lipinski definition) is 1. The van der Waals surface area contributed by atoms with Crippen LogP contribution in [0.25, 0.3) is 22.2 Å². The van der Waals surface area contributed by atoms with E-state index in [1.165, 1.54) is 18.5 Å². The van der Waals surface area contributed by atoms with Gasteiger partial charge in [-0.15, -0.1) is 0 Å². The number of nitrogens with zero attached hydrogens (tertiary/aromatic N) is 4. The number of hydrogen-bond acceptors (Lipinski definition) is 6. The molecule has 156 valence electrons. The number of aromatic nitrogens is 3. The smallest absolute Gasteiger partial charge is 0.360 e. The third-order valence-corrected chi connectivity index (χ3v) is 4.21. The van der Waals surface area contributed by atoms with Gasteiger partial charge in [0, 0.05) is 11.8 Å². The molecule has 3 aromatic rings. The van der Waals surface area contributed by atoms with Crippen molar-refractivity contribution in [1.82, 2.24) is 15.0 Å². The van der Waals surface area contributed by atoms with Gasteiger partial charge in [-0.3, -0.25) is 0 Å². The third kappa shape index (κ3) is 4.88. The molecule has 3 rings (SSSR count). The lowest BCUT2D eigenvalue weighted by molar-refractivity contribution is -0.0618. The van der Waals surface area contributed by atoms with Crippen LogP contribution in [0.4, 0.5) is 23.4 Å². The molecule has 0 aliphatic carbocycles. The second-order valence-corrected chi connectivity index (χ2v) is 6.42. The number of pyridine rings is 1. The van der Waals surface area contributed by atoms with Crippen LogP contribution in [0.2, 0.25) is 0 Å². The van der Waals surface area contributed by atoms with E-state index < -0.39 is 17.9 Å². The SMILES string of the molecule is C=C(O/N=C(\C)C(F)(F)F)C(C)Nc1ncnc2ncc(-c3ccc(F)cc3)cc12. The lowest BCUT2D eigenvalue weighted by Crippen LogP contribution is -2.22. The Balaban J connectivity index is 1.84. The van der Waals surface area contributed by atoms with Gasteiger partial charge in [-0.25, -0.2) is 19.3 Å². The Morgan fingerprint density at radius 3 is 2.50 bits per heavy atom. The molecule has 0 saturated heterocycles. The summed E-state index contributed by atoms with van der Waals surface area (Å²) in [4.78, 5) is 17.4. The third-order valence-electron chi connectivity index (χ3n) is 4.21. The van der Waals surface area contributed by atoms with Gasteiger partial charge in [0.2, 0.25) is 0 Å². The Hall–Kier alpha value is -3.56. The molecule has 1 N–H and O–H groups in total. The number of fused-ring (bicyclic) bond motifs is 1. The van der Waals surface area contributed by atoms with E-state index in [1.807, 2.05) is 0 Å². The van der Waals surface area contributed by atoms with Gasteiger partial charge in [-0.2, -0.15) is 13.2 Å². The molecule has 30 heavy (non-hydrogen) atoms. The molecular weight excluding hydrogens is 402 g/mol. The highest BCUT2D eigenvalue weighted by Crippen LogP contribution is 2.26. The van der Waals surface area contributed by atoms with E-state index in [0.717, 1.165) is 12.5 Å². The summed E-state index contributed by atoms with van der Waals surface area (Å²) >= 11 is 0. The van der Waals surface area contributed by atoms with Gasteiger partial charge in [0.1, 0.15) is 23.7 Å². The fraction of sp³-hybridized carbons (Fsp3) is 0.200. The zero-order valence-corrected chi connectivity index (χ0v) is 16.0. The molecule has 0 saturated carbocycles. The molecule has 1 atom stereocenters. The topological polar surface area (TPSA) is 72.3 Å². The Morgan fingerprint density at radius 1 is 1.13 bits per heavy atom. The fourth-order valence-corrected chi connectivity index (χ4v) is 2.40. The minimum absolute atomic E-state index is 0.0342. The van der Waals surface area contributed by atoms with Crippen molar-refractivity contribution in [2.75, 3.05) is 5.32 Å². The van der Waals surface area contributed by atoms with Crippen molar-refractivity contribution < 1.29 is 22.4 Å². The standard InChI is InChI=1S/C20H17F4N5O/c1-11(12(2)30-29-13(3)20(22,23)24)28-19-17-8-15(9-25-18(17)26-10-27-19)14-4-6-16(21)7-5-14/h4-11H,2H2,1,3H3,(H,25,26,27,28)/b29-13+. The van der Waals surface area contributed by atoms with Crippen LogP contribution in [0.15, 0.2) is 60.3 Å². The van der Waals surface area contributed by atoms with Crippen molar-refractivity contribution in [3.8, 4) is 11.1 Å². The van der Waals surface area contributed by atoms with Gasteiger partial charge in [-0.05, 0) is 37.6 Å². The molecule has 1 aromatic carbocycles. The normalized spacial score (nSPS) is 13.2. The van der Waals surface area contributed by atoms with Crippen molar-refractivity contribution in [2.45, 2.75) is 26.1 Å². The number of halogens is 4. The Morgan fingerprint density at radius 2 is 1.83 bits per heavy atom. The maximum atomic E-state index is 13.2. The van der Waals surface area contributed by atoms with Crippen LogP contribution in [0, 0.1) is 5.82 Å². The summed E-state index contributed by atoms with van der Waals surface area (Å²) in [5.41, 5.74) is 0.742. The molecule has 0 aliphatic heterocycles. The molecule has 10 heteroatoms. The first-order valence-corrected chi connectivity index (χ1v) is 8.76. The van der Waals surface area contributed by atoms with E-state index >= 15 is 0 Å². The Kier molecular flexibility index (Phi) is 5.95. The summed E-state index contributed by atoms with van der Waals surface area (Å²) in [5.74, 6) is -0.00723. The average Bonchev–Trinajstić information content (AvgIpc) is 2.71. The van der Waals surface area contributed by atoms with Crippen LogP contribution in [-0.4, -0.2) is 32.9 Å². The predicted molar refractivity (Wildman–Crippen MR) is 105 cm³/mol. The molecule has 1 unspecified atom stereocenters. The molecule has 0 spiro atoms. The number of alkyl halides is 3. The first-order valence-electron chi connectivity index (χ1n) is 8.76. The van der Waals surface area contributed by atoms with E-state index in [2.05, 4.69) is 32.0 Å². The van der Waals surface area contributed by atoms with E-state index in [9.17, 15) is 17.6 Å². The van der Waals surface area contributed by atoms with Crippen molar-refractivity contribution in [1.29, 1.82) is 0 Å². The number of oxime groups is 1. The van der Waals surface area contributed by atoms with Crippen molar-refractivity contribution in [3.05, 3.63) is 61.0 Å². The maximum absolute atomic E-state index is 13.2. The lowest BCUT2D eigenvalue weighted by Gasteiger charge is -2.17. The molecule has 0 aliphatic rings. The van der Waals surface area contributed by atoms with Crippen molar-refractivity contribution >= 4 is 22.6 Å². The van der Waals surface area contributed by atoms with Crippen LogP contribution >= 0.6 is 0 Å². The molecule has 0 amide bonds. The van der Waals surface area contributed by atoms with Crippen molar-refractivity contribution in [2.24, 2.45) is 5.16 Å². The second kappa shape index (κ2) is 8.44. The van der Waals surface area contributed by atoms with Crippen LogP contribution in [-0.2, 0) is 4.84 Å². The van der Waals surface area contributed by atoms with Crippen LogP contribution in [0.3, 0.4) is 0 Å². The highest BCUT2D eigenvalue weighted by atomic mass is 19.4. The van der Waals surface area contributed by atoms with Gasteiger partial charge in [0.15, 0.2) is 11.4 Å². The molecule has 0 radical (unpaired) electrons. The molecule has 2 heterocycles. The zero-order chi connectivity index (χ0) is 21.9. The summed E-state index contributed by atoms with van der Waals surface area (Å²) in [5, 5.41) is 6.63. The second-order valence-electron chi connectivity index (χ2n) is 6.42. The molecule has 2 aromatic heterocycles. The quantitative estimate of drug-likeness (QED) is 0.261. The largest absolute Gasteiger partial charge is 0.432 e. The first kappa shape index (κ1) is 21.2. The highest BCUT2D eigenvalue weighted by Gasteiger charge is 2.33. The van der Waals surface area contributed by atoms with Gasteiger partial charge in [-0.1, -0.05) is 23.9 Å². The molecule has 0 fully saturated rings. The van der Waals surface area contributed by atoms with Crippen molar-refractivity contribution in [3.63, 3.8) is 0 Å². The zero-order valence-electron chi connectivity index (χ0n) is 16.0. The van der Waals surface area contributed by atoms with Crippen LogP contribution in [0.1, 0.15) is 13.8 Å². The number of nitrogens with one attached hydrogen (secondary N) is 1. The van der Waals surface area contributed by atoms with E-state index in [0.29, 0.717) is 22.4 Å². The van der Waals surface area contributed by atoms with Gasteiger partial charge < -0.3 is 10.2 Å². The van der Waals surface area contributed by atoms with Gasteiger partial charge in [0.25, 0.3) is 0 Å². The number of rotatable bonds is 6. The predicted octanol–water partition coefficient (Wildman–Crippen LogP) is 5.10. The van der Waals surface area contributed by atoms with Crippen LogP contribution in [0.5, 0.6) is 0 Å². The van der Waals surface area contributed by atoms with Crippen LogP contribution < -0.4 is 5.32 Å². The minimum Gasteiger partial charge on any atom is -0.360 e. The molecule has 6 nitrogen and oxygen atoms in total. The van der Waals surface area contributed by atoms with Gasteiger partial charge in [0.05, 0.1) is 11.4 Å². The first-order chi connectivity index (χ1) is 14.1. The summed E-state index contributed by atoms with van der Waals surface area (Å²) < 4.78 is 50.7. The summed E-state index contributed by atoms with van der Waals surface area (Å²) in [7, 11) is 0. The Bertz CT molecular complexity index is 1100. The number of benzene rings is 1. The fourth-order valence-electron chi connectivity index (χ4n) is 2.40. The summed E-state index contributed by atoms with van der Waals surface area (Å²) in [6.07, 6.45) is -1.67. The summed E-state index contributed by atoms with van der Waals surface area (Å²) in [6, 6.07) is 7.07. The van der Waals surface area contributed by atoms with E-state index in [1.54, 1.807) is 31.3 Å². The molecular formula is C20H17F4N5O. The summed E-state index contributed by atoms with van der Waals surface area (Å²) in [6.45, 7) is 6.03. The maximum Gasteiger partial charge on any atom is 0.432 e. The Labute approximate surface area is 169 Å². The lowest BCUT2D eigenvalue weighted by atomic mass is 10.1.